The summed E-state index contributed by atoms with van der Waals surface area (Å²) in [6, 6.07) is 6.19. The third-order valence-electron chi connectivity index (χ3n) is 5.74. The first-order valence-electron chi connectivity index (χ1n) is 12.9. The Balaban J connectivity index is 2.48. The van der Waals surface area contributed by atoms with E-state index in [1.54, 1.807) is 36.0 Å². The van der Waals surface area contributed by atoms with Gasteiger partial charge in [0.25, 0.3) is 0 Å². The van der Waals surface area contributed by atoms with Gasteiger partial charge in [-0.3, -0.25) is 9.59 Å². The van der Waals surface area contributed by atoms with Gasteiger partial charge in [0.1, 0.15) is 6.04 Å². The van der Waals surface area contributed by atoms with Crippen molar-refractivity contribution in [2.75, 3.05) is 12.3 Å². The number of aromatic carboxylic acids is 1. The summed E-state index contributed by atoms with van der Waals surface area (Å²) in [4.78, 5) is 36.2. The maximum absolute atomic E-state index is 12.7. The molecule has 0 radical (unpaired) electrons. The fourth-order valence-electron chi connectivity index (χ4n) is 3.62. The average Bonchev–Trinajstić information content (AvgIpc) is 2.83. The van der Waals surface area contributed by atoms with Crippen molar-refractivity contribution in [3.63, 3.8) is 0 Å². The van der Waals surface area contributed by atoms with Crippen LogP contribution in [-0.2, 0) is 15.3 Å². The van der Waals surface area contributed by atoms with Gasteiger partial charge in [-0.15, -0.1) is 0 Å². The van der Waals surface area contributed by atoms with E-state index < -0.39 is 12.0 Å². The summed E-state index contributed by atoms with van der Waals surface area (Å²) >= 11 is 1.56. The first-order chi connectivity index (χ1) is 16.5. The summed E-state index contributed by atoms with van der Waals surface area (Å²) in [7, 11) is 0. The van der Waals surface area contributed by atoms with Crippen LogP contribution in [0, 0.1) is 0 Å². The third-order valence-corrected chi connectivity index (χ3v) is 6.85. The fourth-order valence-corrected chi connectivity index (χ4v) is 4.63. The zero-order chi connectivity index (χ0) is 25.0. The van der Waals surface area contributed by atoms with E-state index in [9.17, 15) is 14.4 Å². The van der Waals surface area contributed by atoms with E-state index >= 15 is 0 Å². The highest BCUT2D eigenvalue weighted by molar-refractivity contribution is 7.98. The number of thioether (sulfide) groups is 1. The predicted molar refractivity (Wildman–Crippen MR) is 141 cm³/mol. The van der Waals surface area contributed by atoms with Gasteiger partial charge >= 0.3 is 5.97 Å². The van der Waals surface area contributed by atoms with Gasteiger partial charge in [0, 0.05) is 24.5 Å². The van der Waals surface area contributed by atoms with Crippen molar-refractivity contribution in [3.05, 3.63) is 35.4 Å². The van der Waals surface area contributed by atoms with Crippen LogP contribution in [0.3, 0.4) is 0 Å². The van der Waals surface area contributed by atoms with Crippen LogP contribution >= 0.6 is 11.8 Å². The van der Waals surface area contributed by atoms with Gasteiger partial charge in [0.15, 0.2) is 0 Å². The second-order valence-corrected chi connectivity index (χ2v) is 9.89. The van der Waals surface area contributed by atoms with Crippen LogP contribution in [0.15, 0.2) is 24.3 Å². The topological polar surface area (TPSA) is 95.5 Å². The lowest BCUT2D eigenvalue weighted by Gasteiger charge is -2.18. The number of amides is 2. The van der Waals surface area contributed by atoms with Crippen LogP contribution in [0.5, 0.6) is 0 Å². The highest BCUT2D eigenvalue weighted by atomic mass is 32.2. The molecule has 0 saturated carbocycles. The normalized spacial score (nSPS) is 11.7. The molecule has 0 spiro atoms. The summed E-state index contributed by atoms with van der Waals surface area (Å²) < 4.78 is 0. The lowest BCUT2D eigenvalue weighted by atomic mass is 10.1. The van der Waals surface area contributed by atoms with E-state index in [-0.39, 0.29) is 17.4 Å². The van der Waals surface area contributed by atoms with E-state index in [2.05, 4.69) is 24.5 Å². The molecular weight excluding hydrogens is 448 g/mol. The quantitative estimate of drug-likeness (QED) is 0.196. The molecule has 1 atom stereocenters. The Kier molecular flexibility index (Phi) is 17.0. The van der Waals surface area contributed by atoms with Crippen LogP contribution in [-0.4, -0.2) is 41.2 Å². The number of carbonyl (C=O) groups excluding carboxylic acids is 2. The fraction of sp³-hybridized carbons (Fsp3) is 0.667. The number of carboxylic acids is 1. The van der Waals surface area contributed by atoms with Gasteiger partial charge in [0.2, 0.25) is 11.8 Å². The third kappa shape index (κ3) is 14.3. The molecule has 192 valence electrons. The van der Waals surface area contributed by atoms with Gasteiger partial charge < -0.3 is 15.7 Å². The largest absolute Gasteiger partial charge is 0.478 e. The second kappa shape index (κ2) is 19.3. The number of nitrogens with one attached hydrogen (secondary N) is 2. The van der Waals surface area contributed by atoms with Crippen LogP contribution in [0.2, 0.25) is 0 Å². The SMILES string of the molecule is CCCCCCCCCC(=O)NC(CSCc1ccc(C(=O)O)cc1)C(=O)NCCCCCC. The van der Waals surface area contributed by atoms with Gasteiger partial charge in [-0.25, -0.2) is 4.79 Å². The van der Waals surface area contributed by atoms with Gasteiger partial charge in [0.05, 0.1) is 5.56 Å². The first kappa shape index (κ1) is 30.0. The molecule has 2 amide bonds. The lowest BCUT2D eigenvalue weighted by Crippen LogP contribution is -2.48. The average molecular weight is 493 g/mol. The summed E-state index contributed by atoms with van der Waals surface area (Å²) in [5.41, 5.74) is 1.25. The Hall–Kier alpha value is -2.02. The number of unbranched alkanes of at least 4 members (excludes halogenated alkanes) is 9. The maximum Gasteiger partial charge on any atom is 0.335 e. The Labute approximate surface area is 210 Å². The minimum atomic E-state index is -0.946. The van der Waals surface area contributed by atoms with Crippen LogP contribution in [0.1, 0.15) is 107 Å². The van der Waals surface area contributed by atoms with Crippen LogP contribution in [0.25, 0.3) is 0 Å². The first-order valence-corrected chi connectivity index (χ1v) is 14.1. The molecule has 0 aliphatic heterocycles. The van der Waals surface area contributed by atoms with Crippen molar-refractivity contribution < 1.29 is 19.5 Å². The Morgan fingerprint density at radius 2 is 1.44 bits per heavy atom. The highest BCUT2D eigenvalue weighted by Gasteiger charge is 2.20. The second-order valence-electron chi connectivity index (χ2n) is 8.86. The molecule has 0 bridgehead atoms. The predicted octanol–water partition coefficient (Wildman–Crippen LogP) is 5.94. The van der Waals surface area contributed by atoms with Crippen molar-refractivity contribution in [2.24, 2.45) is 0 Å². The number of carbonyl (C=O) groups is 3. The zero-order valence-electron chi connectivity index (χ0n) is 21.1. The molecule has 6 nitrogen and oxygen atoms in total. The summed E-state index contributed by atoms with van der Waals surface area (Å²) in [6.07, 6.45) is 12.9. The molecule has 7 heteroatoms. The van der Waals surface area contributed by atoms with E-state index in [4.69, 9.17) is 5.11 Å². The van der Waals surface area contributed by atoms with E-state index in [1.165, 1.54) is 25.7 Å². The van der Waals surface area contributed by atoms with Crippen molar-refractivity contribution in [1.82, 2.24) is 10.6 Å². The Morgan fingerprint density at radius 1 is 0.853 bits per heavy atom. The number of hydrogen-bond acceptors (Lipinski definition) is 4. The van der Waals surface area contributed by atoms with Gasteiger partial charge in [-0.2, -0.15) is 11.8 Å². The number of hydrogen-bond donors (Lipinski definition) is 3. The smallest absolute Gasteiger partial charge is 0.335 e. The van der Waals surface area contributed by atoms with Gasteiger partial charge in [-0.05, 0) is 30.5 Å². The highest BCUT2D eigenvalue weighted by Crippen LogP contribution is 2.15. The molecule has 0 aliphatic rings. The molecule has 0 fully saturated rings. The molecule has 3 N–H and O–H groups in total. The summed E-state index contributed by atoms with van der Waals surface area (Å²) in [5, 5.41) is 14.9. The molecule has 0 aromatic heterocycles. The molecule has 1 aromatic rings. The molecule has 1 unspecified atom stereocenters. The molecule has 1 rings (SSSR count). The zero-order valence-corrected chi connectivity index (χ0v) is 21.9. The van der Waals surface area contributed by atoms with Crippen molar-refractivity contribution in [2.45, 2.75) is 103 Å². The van der Waals surface area contributed by atoms with Crippen LogP contribution in [0.4, 0.5) is 0 Å². The minimum absolute atomic E-state index is 0.0638. The summed E-state index contributed by atoms with van der Waals surface area (Å²) in [5.74, 6) is -0.0132. The Bertz CT molecular complexity index is 709. The molecule has 34 heavy (non-hydrogen) atoms. The number of benzene rings is 1. The molecule has 0 aliphatic carbocycles. The standard InChI is InChI=1S/C27H44N2O4S/c1-3-5-7-9-10-11-12-14-25(30)29-24(26(31)28-19-13-8-6-4-2)21-34-20-22-15-17-23(18-16-22)27(32)33/h15-18,24H,3-14,19-21H2,1-2H3,(H,28,31)(H,29,30)(H,32,33). The minimum Gasteiger partial charge on any atom is -0.478 e. The monoisotopic (exact) mass is 492 g/mol. The Morgan fingerprint density at radius 3 is 2.06 bits per heavy atom. The number of carboxylic acid groups (broad SMARTS) is 1. The van der Waals surface area contributed by atoms with Crippen molar-refractivity contribution in [3.8, 4) is 0 Å². The van der Waals surface area contributed by atoms with Crippen LogP contribution < -0.4 is 10.6 Å². The number of rotatable bonds is 20. The van der Waals surface area contributed by atoms with E-state index in [0.29, 0.717) is 24.5 Å². The molecule has 1 aromatic carbocycles. The van der Waals surface area contributed by atoms with Crippen molar-refractivity contribution in [1.29, 1.82) is 0 Å². The summed E-state index contributed by atoms with van der Waals surface area (Å²) in [6.45, 7) is 4.99. The molecule has 0 heterocycles. The van der Waals surface area contributed by atoms with Gasteiger partial charge in [-0.1, -0.05) is 83.8 Å². The lowest BCUT2D eigenvalue weighted by molar-refractivity contribution is -0.128. The molecular formula is C27H44N2O4S. The maximum atomic E-state index is 12.7. The van der Waals surface area contributed by atoms with Crippen molar-refractivity contribution >= 4 is 29.5 Å². The molecule has 0 saturated heterocycles. The van der Waals surface area contributed by atoms with E-state index in [1.807, 2.05) is 0 Å². The van der Waals surface area contributed by atoms with E-state index in [0.717, 1.165) is 50.5 Å².